The third kappa shape index (κ3) is 9.07. The van der Waals surface area contributed by atoms with Crippen molar-refractivity contribution in [2.24, 2.45) is 0 Å². The monoisotopic (exact) mass is 322 g/mol. The van der Waals surface area contributed by atoms with E-state index >= 15 is 0 Å². The van der Waals surface area contributed by atoms with Crippen LogP contribution in [0, 0.1) is 0 Å². The molecule has 1 amide bonds. The van der Waals surface area contributed by atoms with Crippen molar-refractivity contribution >= 4 is 11.7 Å². The Hall–Kier alpha value is -1.76. The van der Waals surface area contributed by atoms with E-state index in [-0.39, 0.29) is 18.3 Å². The van der Waals surface area contributed by atoms with Crippen molar-refractivity contribution in [2.75, 3.05) is 39.5 Å². The van der Waals surface area contributed by atoms with Gasteiger partial charge in [0, 0.05) is 18.7 Å². The molecule has 0 heterocycles. The molecule has 0 bridgehead atoms. The fourth-order valence-corrected chi connectivity index (χ4v) is 1.82. The van der Waals surface area contributed by atoms with Crippen LogP contribution in [0.15, 0.2) is 24.3 Å². The SMILES string of the molecule is CCNCc1ccc(C(=O)NCCOCCOCC(C)=O)cc1. The average molecular weight is 322 g/mol. The van der Waals surface area contributed by atoms with Gasteiger partial charge < -0.3 is 20.1 Å². The molecule has 2 N–H and O–H groups in total. The zero-order valence-electron chi connectivity index (χ0n) is 13.9. The van der Waals surface area contributed by atoms with Crippen LogP contribution in [0.5, 0.6) is 0 Å². The number of hydrogen-bond donors (Lipinski definition) is 2. The number of benzene rings is 1. The summed E-state index contributed by atoms with van der Waals surface area (Å²) in [6.45, 7) is 6.99. The minimum absolute atomic E-state index is 0.00578. The Bertz CT molecular complexity index is 474. The van der Waals surface area contributed by atoms with Crippen molar-refractivity contribution in [3.8, 4) is 0 Å². The Morgan fingerprint density at radius 2 is 1.74 bits per heavy atom. The summed E-state index contributed by atoms with van der Waals surface area (Å²) >= 11 is 0. The summed E-state index contributed by atoms with van der Waals surface area (Å²) in [7, 11) is 0. The molecule has 0 unspecified atom stereocenters. The Morgan fingerprint density at radius 3 is 2.39 bits per heavy atom. The summed E-state index contributed by atoms with van der Waals surface area (Å²) in [4.78, 5) is 22.6. The van der Waals surface area contributed by atoms with Crippen molar-refractivity contribution < 1.29 is 19.1 Å². The zero-order valence-corrected chi connectivity index (χ0v) is 13.9. The quantitative estimate of drug-likeness (QED) is 0.565. The molecule has 128 valence electrons. The fraction of sp³-hybridized carbons (Fsp3) is 0.529. The normalized spacial score (nSPS) is 10.5. The lowest BCUT2D eigenvalue weighted by atomic mass is 10.1. The van der Waals surface area contributed by atoms with Crippen LogP contribution in [-0.4, -0.2) is 51.2 Å². The number of amides is 1. The van der Waals surface area contributed by atoms with Gasteiger partial charge >= 0.3 is 0 Å². The predicted octanol–water partition coefficient (Wildman–Crippen LogP) is 1.15. The molecule has 23 heavy (non-hydrogen) atoms. The van der Waals surface area contributed by atoms with Crippen LogP contribution in [0.1, 0.15) is 29.8 Å². The molecular weight excluding hydrogens is 296 g/mol. The number of ketones is 1. The van der Waals surface area contributed by atoms with Crippen LogP contribution in [-0.2, 0) is 20.8 Å². The van der Waals surface area contributed by atoms with Crippen molar-refractivity contribution in [1.82, 2.24) is 10.6 Å². The summed E-state index contributed by atoms with van der Waals surface area (Å²) in [5.41, 5.74) is 1.78. The minimum Gasteiger partial charge on any atom is -0.377 e. The van der Waals surface area contributed by atoms with E-state index in [2.05, 4.69) is 17.6 Å². The summed E-state index contributed by atoms with van der Waals surface area (Å²) in [6.07, 6.45) is 0. The van der Waals surface area contributed by atoms with E-state index in [1.165, 1.54) is 6.92 Å². The van der Waals surface area contributed by atoms with Gasteiger partial charge in [-0.1, -0.05) is 19.1 Å². The summed E-state index contributed by atoms with van der Waals surface area (Å²) in [5, 5.41) is 6.03. The highest BCUT2D eigenvalue weighted by molar-refractivity contribution is 5.94. The molecule has 0 aliphatic heterocycles. The van der Waals surface area contributed by atoms with Crippen LogP contribution < -0.4 is 10.6 Å². The lowest BCUT2D eigenvalue weighted by Crippen LogP contribution is -2.27. The number of rotatable bonds is 12. The first-order chi connectivity index (χ1) is 11.1. The molecule has 6 heteroatoms. The molecule has 0 fully saturated rings. The number of carbonyl (C=O) groups excluding carboxylic acids is 2. The van der Waals surface area contributed by atoms with Gasteiger partial charge in [-0.05, 0) is 31.2 Å². The first kappa shape index (κ1) is 19.3. The second-order valence-electron chi connectivity index (χ2n) is 5.10. The smallest absolute Gasteiger partial charge is 0.251 e. The van der Waals surface area contributed by atoms with Crippen molar-refractivity contribution in [3.05, 3.63) is 35.4 Å². The van der Waals surface area contributed by atoms with Gasteiger partial charge in [-0.3, -0.25) is 9.59 Å². The number of carbonyl (C=O) groups is 2. The van der Waals surface area contributed by atoms with Gasteiger partial charge in [-0.2, -0.15) is 0 Å². The summed E-state index contributed by atoms with van der Waals surface area (Å²) < 4.78 is 10.4. The first-order valence-electron chi connectivity index (χ1n) is 7.86. The Balaban J connectivity index is 2.12. The maximum atomic E-state index is 11.9. The number of ether oxygens (including phenoxy) is 2. The lowest BCUT2D eigenvalue weighted by Gasteiger charge is -2.08. The van der Waals surface area contributed by atoms with E-state index in [4.69, 9.17) is 9.47 Å². The van der Waals surface area contributed by atoms with Crippen LogP contribution in [0.4, 0.5) is 0 Å². The molecule has 0 radical (unpaired) electrons. The molecule has 0 saturated heterocycles. The maximum absolute atomic E-state index is 11.9. The van der Waals surface area contributed by atoms with Crippen molar-refractivity contribution in [3.63, 3.8) is 0 Å². The number of nitrogens with one attached hydrogen (secondary N) is 2. The molecule has 1 rings (SSSR count). The van der Waals surface area contributed by atoms with E-state index < -0.39 is 0 Å². The van der Waals surface area contributed by atoms with E-state index in [9.17, 15) is 9.59 Å². The van der Waals surface area contributed by atoms with E-state index in [1.807, 2.05) is 24.3 Å². The van der Waals surface area contributed by atoms with Gasteiger partial charge in [-0.15, -0.1) is 0 Å². The topological polar surface area (TPSA) is 76.7 Å². The van der Waals surface area contributed by atoms with Gasteiger partial charge in [0.25, 0.3) is 5.91 Å². The summed E-state index contributed by atoms with van der Waals surface area (Å²) in [5.74, 6) is -0.120. The molecule has 6 nitrogen and oxygen atoms in total. The van der Waals surface area contributed by atoms with E-state index in [0.717, 1.165) is 18.7 Å². The second kappa shape index (κ2) is 11.8. The van der Waals surface area contributed by atoms with E-state index in [0.29, 0.717) is 31.9 Å². The molecule has 1 aromatic rings. The number of Topliss-reactive ketones (excluding diaryl/α,β-unsaturated/α-hetero) is 1. The second-order valence-corrected chi connectivity index (χ2v) is 5.10. The van der Waals surface area contributed by atoms with Gasteiger partial charge in [0.05, 0.1) is 19.8 Å². The highest BCUT2D eigenvalue weighted by Gasteiger charge is 2.04. The van der Waals surface area contributed by atoms with Gasteiger partial charge in [0.1, 0.15) is 6.61 Å². The third-order valence-electron chi connectivity index (χ3n) is 3.00. The largest absolute Gasteiger partial charge is 0.377 e. The highest BCUT2D eigenvalue weighted by Crippen LogP contribution is 2.04. The standard InChI is InChI=1S/C17H26N2O4/c1-3-18-12-15-4-6-16(7-5-15)17(21)19-8-9-22-10-11-23-13-14(2)20/h4-7,18H,3,8-13H2,1-2H3,(H,19,21). The van der Waals surface area contributed by atoms with Crippen LogP contribution in [0.3, 0.4) is 0 Å². The molecule has 0 atom stereocenters. The van der Waals surface area contributed by atoms with Gasteiger partial charge in [0.15, 0.2) is 5.78 Å². The third-order valence-corrected chi connectivity index (χ3v) is 3.00. The van der Waals surface area contributed by atoms with Gasteiger partial charge in [-0.25, -0.2) is 0 Å². The average Bonchev–Trinajstić information content (AvgIpc) is 2.55. The van der Waals surface area contributed by atoms with E-state index in [1.54, 1.807) is 0 Å². The van der Waals surface area contributed by atoms with Gasteiger partial charge in [0.2, 0.25) is 0 Å². The Morgan fingerprint density at radius 1 is 1.04 bits per heavy atom. The molecule has 0 aromatic heterocycles. The Kier molecular flexibility index (Phi) is 9.86. The van der Waals surface area contributed by atoms with Crippen molar-refractivity contribution in [1.29, 1.82) is 0 Å². The van der Waals surface area contributed by atoms with Crippen molar-refractivity contribution in [2.45, 2.75) is 20.4 Å². The minimum atomic E-state index is -0.114. The van der Waals surface area contributed by atoms with Crippen LogP contribution in [0.25, 0.3) is 0 Å². The molecular formula is C17H26N2O4. The molecule has 1 aromatic carbocycles. The number of hydrogen-bond acceptors (Lipinski definition) is 5. The maximum Gasteiger partial charge on any atom is 0.251 e. The molecule has 0 spiro atoms. The zero-order chi connectivity index (χ0) is 16.9. The van der Waals surface area contributed by atoms with Crippen LogP contribution in [0.2, 0.25) is 0 Å². The highest BCUT2D eigenvalue weighted by atomic mass is 16.5. The predicted molar refractivity (Wildman–Crippen MR) is 88.5 cm³/mol. The molecule has 0 aliphatic carbocycles. The summed E-state index contributed by atoms with van der Waals surface area (Å²) in [6, 6.07) is 7.53. The fourth-order valence-electron chi connectivity index (χ4n) is 1.82. The van der Waals surface area contributed by atoms with Crippen LogP contribution >= 0.6 is 0 Å². The Labute approximate surface area is 137 Å². The molecule has 0 aliphatic rings. The molecule has 0 saturated carbocycles. The lowest BCUT2D eigenvalue weighted by molar-refractivity contribution is -0.121. The first-order valence-corrected chi connectivity index (χ1v) is 7.86.